The van der Waals surface area contributed by atoms with Crippen molar-refractivity contribution < 1.29 is 14.9 Å². The molecule has 4 heteroatoms. The van der Waals surface area contributed by atoms with Crippen LogP contribution in [-0.2, 0) is 6.54 Å². The van der Waals surface area contributed by atoms with Gasteiger partial charge in [-0.15, -0.1) is 0 Å². The summed E-state index contributed by atoms with van der Waals surface area (Å²) >= 11 is 0. The van der Waals surface area contributed by atoms with E-state index in [4.69, 9.17) is 9.84 Å². The summed E-state index contributed by atoms with van der Waals surface area (Å²) in [5.74, 6) is 0.793. The van der Waals surface area contributed by atoms with E-state index in [0.29, 0.717) is 13.1 Å². The number of methoxy groups -OCH3 is 1. The van der Waals surface area contributed by atoms with E-state index in [0.717, 1.165) is 17.0 Å². The Balaban J connectivity index is 2.17. The van der Waals surface area contributed by atoms with Crippen LogP contribution in [0.2, 0.25) is 0 Å². The zero-order valence-electron chi connectivity index (χ0n) is 12.1. The first-order valence-electron chi connectivity index (χ1n) is 6.94. The number of rotatable bonds is 7. The fourth-order valence-corrected chi connectivity index (χ4v) is 2.17. The number of hydrogen-bond acceptors (Lipinski definition) is 4. The molecular weight excluding hydrogens is 266 g/mol. The first kappa shape index (κ1) is 15.4. The number of ether oxygens (including phenoxy) is 1. The smallest absolute Gasteiger partial charge is 0.119 e. The average Bonchev–Trinajstić information content (AvgIpc) is 2.55. The molecule has 0 aliphatic rings. The molecule has 0 fully saturated rings. The monoisotopic (exact) mass is 287 g/mol. The van der Waals surface area contributed by atoms with Gasteiger partial charge in [-0.25, -0.2) is 0 Å². The van der Waals surface area contributed by atoms with Gasteiger partial charge in [0.2, 0.25) is 0 Å². The van der Waals surface area contributed by atoms with Crippen LogP contribution < -0.4 is 9.64 Å². The molecule has 0 saturated heterocycles. The summed E-state index contributed by atoms with van der Waals surface area (Å²) in [5.41, 5.74) is 2.13. The van der Waals surface area contributed by atoms with Crippen molar-refractivity contribution in [2.24, 2.45) is 0 Å². The molecule has 0 aliphatic carbocycles. The molecule has 1 atom stereocenters. The quantitative estimate of drug-likeness (QED) is 0.818. The largest absolute Gasteiger partial charge is 0.497 e. The molecule has 1 unspecified atom stereocenters. The first-order valence-corrected chi connectivity index (χ1v) is 6.94. The summed E-state index contributed by atoms with van der Waals surface area (Å²) in [6.07, 6.45) is -0.768. The molecule has 0 aliphatic heterocycles. The van der Waals surface area contributed by atoms with E-state index in [-0.39, 0.29) is 6.61 Å². The highest BCUT2D eigenvalue weighted by Crippen LogP contribution is 2.21. The van der Waals surface area contributed by atoms with Crippen molar-refractivity contribution in [3.63, 3.8) is 0 Å². The van der Waals surface area contributed by atoms with Gasteiger partial charge in [-0.05, 0) is 29.8 Å². The lowest BCUT2D eigenvalue weighted by Gasteiger charge is -2.27. The molecule has 0 spiro atoms. The number of benzene rings is 2. The molecule has 2 N–H and O–H groups in total. The van der Waals surface area contributed by atoms with Gasteiger partial charge in [0.15, 0.2) is 0 Å². The Morgan fingerprint density at radius 2 is 1.71 bits per heavy atom. The second-order valence-electron chi connectivity index (χ2n) is 4.90. The summed E-state index contributed by atoms with van der Waals surface area (Å²) in [6.45, 7) is 0.795. The van der Waals surface area contributed by atoms with E-state index < -0.39 is 6.10 Å². The Kier molecular flexibility index (Phi) is 5.60. The molecule has 2 rings (SSSR count). The van der Waals surface area contributed by atoms with Gasteiger partial charge >= 0.3 is 0 Å². The Morgan fingerprint density at radius 1 is 1.05 bits per heavy atom. The molecule has 0 bridgehead atoms. The standard InChI is InChI=1S/C17H21NO3/c1-21-17-9-7-15(8-10-17)18(12-16(20)13-19)11-14-5-3-2-4-6-14/h2-10,16,19-20H,11-13H2,1H3. The second kappa shape index (κ2) is 7.67. The highest BCUT2D eigenvalue weighted by atomic mass is 16.5. The Morgan fingerprint density at radius 3 is 2.29 bits per heavy atom. The Bertz CT molecular complexity index is 527. The van der Waals surface area contributed by atoms with Gasteiger partial charge in [-0.1, -0.05) is 30.3 Å². The van der Waals surface area contributed by atoms with Crippen LogP contribution in [0.15, 0.2) is 54.6 Å². The molecular formula is C17H21NO3. The summed E-state index contributed by atoms with van der Waals surface area (Å²) in [7, 11) is 1.63. The van der Waals surface area contributed by atoms with Crippen LogP contribution >= 0.6 is 0 Å². The molecule has 21 heavy (non-hydrogen) atoms. The predicted molar refractivity (Wildman–Crippen MR) is 83.6 cm³/mol. The molecule has 0 amide bonds. The number of aliphatic hydroxyl groups is 2. The third-order valence-electron chi connectivity index (χ3n) is 3.30. The summed E-state index contributed by atoms with van der Waals surface area (Å²) in [6, 6.07) is 17.7. The zero-order chi connectivity index (χ0) is 15.1. The van der Waals surface area contributed by atoms with E-state index in [1.54, 1.807) is 7.11 Å². The third-order valence-corrected chi connectivity index (χ3v) is 3.30. The van der Waals surface area contributed by atoms with Crippen molar-refractivity contribution in [2.45, 2.75) is 12.6 Å². The van der Waals surface area contributed by atoms with Crippen LogP contribution in [0.4, 0.5) is 5.69 Å². The molecule has 2 aromatic carbocycles. The fraction of sp³-hybridized carbons (Fsp3) is 0.294. The Hall–Kier alpha value is -2.04. The SMILES string of the molecule is COc1ccc(N(Cc2ccccc2)CC(O)CO)cc1. The lowest BCUT2D eigenvalue weighted by atomic mass is 10.1. The van der Waals surface area contributed by atoms with Crippen molar-refractivity contribution in [3.8, 4) is 5.75 Å². The topological polar surface area (TPSA) is 52.9 Å². The Labute approximate surface area is 125 Å². The number of hydrogen-bond donors (Lipinski definition) is 2. The van der Waals surface area contributed by atoms with Gasteiger partial charge in [0.25, 0.3) is 0 Å². The maximum Gasteiger partial charge on any atom is 0.119 e. The van der Waals surface area contributed by atoms with Gasteiger partial charge in [0.05, 0.1) is 19.8 Å². The highest BCUT2D eigenvalue weighted by molar-refractivity contribution is 5.49. The van der Waals surface area contributed by atoms with Crippen LogP contribution in [0, 0.1) is 0 Å². The molecule has 4 nitrogen and oxygen atoms in total. The minimum absolute atomic E-state index is 0.249. The van der Waals surface area contributed by atoms with Gasteiger partial charge in [-0.3, -0.25) is 0 Å². The van der Waals surface area contributed by atoms with Crippen molar-refractivity contribution in [1.29, 1.82) is 0 Å². The number of nitrogens with zero attached hydrogens (tertiary/aromatic N) is 1. The highest BCUT2D eigenvalue weighted by Gasteiger charge is 2.12. The van der Waals surface area contributed by atoms with Crippen molar-refractivity contribution >= 4 is 5.69 Å². The van der Waals surface area contributed by atoms with Crippen LogP contribution in [-0.4, -0.2) is 36.6 Å². The van der Waals surface area contributed by atoms with Crippen molar-refractivity contribution in [3.05, 3.63) is 60.2 Å². The average molecular weight is 287 g/mol. The molecule has 2 aromatic rings. The first-order chi connectivity index (χ1) is 10.2. The molecule has 0 saturated carbocycles. The maximum atomic E-state index is 9.75. The second-order valence-corrected chi connectivity index (χ2v) is 4.90. The van der Waals surface area contributed by atoms with E-state index in [2.05, 4.69) is 0 Å². The normalized spacial score (nSPS) is 12.0. The summed E-state index contributed by atoms with van der Waals surface area (Å²) in [5, 5.41) is 18.8. The minimum Gasteiger partial charge on any atom is -0.497 e. The maximum absolute atomic E-state index is 9.75. The van der Waals surface area contributed by atoms with Crippen molar-refractivity contribution in [2.75, 3.05) is 25.2 Å². The predicted octanol–water partition coefficient (Wildman–Crippen LogP) is 2.05. The molecule has 112 valence electrons. The fourth-order valence-electron chi connectivity index (χ4n) is 2.17. The van der Waals surface area contributed by atoms with E-state index >= 15 is 0 Å². The minimum atomic E-state index is -0.768. The number of anilines is 1. The van der Waals surface area contributed by atoms with Gasteiger partial charge in [0.1, 0.15) is 5.75 Å². The third kappa shape index (κ3) is 4.48. The van der Waals surface area contributed by atoms with Crippen LogP contribution in [0.1, 0.15) is 5.56 Å². The van der Waals surface area contributed by atoms with Crippen LogP contribution in [0.25, 0.3) is 0 Å². The number of aliphatic hydroxyl groups excluding tert-OH is 2. The summed E-state index contributed by atoms with van der Waals surface area (Å²) < 4.78 is 5.16. The lowest BCUT2D eigenvalue weighted by molar-refractivity contribution is 0.0996. The van der Waals surface area contributed by atoms with E-state index in [1.807, 2.05) is 59.5 Å². The molecule has 0 aromatic heterocycles. The van der Waals surface area contributed by atoms with E-state index in [1.165, 1.54) is 0 Å². The van der Waals surface area contributed by atoms with Gasteiger partial charge in [-0.2, -0.15) is 0 Å². The molecule has 0 radical (unpaired) electrons. The van der Waals surface area contributed by atoms with Crippen molar-refractivity contribution in [1.82, 2.24) is 0 Å². The van der Waals surface area contributed by atoms with Gasteiger partial charge in [0, 0.05) is 18.8 Å². The lowest BCUT2D eigenvalue weighted by Crippen LogP contribution is -2.34. The van der Waals surface area contributed by atoms with Crippen LogP contribution in [0.3, 0.4) is 0 Å². The molecule has 0 heterocycles. The zero-order valence-corrected chi connectivity index (χ0v) is 12.1. The van der Waals surface area contributed by atoms with E-state index in [9.17, 15) is 5.11 Å². The van der Waals surface area contributed by atoms with Gasteiger partial charge < -0.3 is 19.8 Å². The van der Waals surface area contributed by atoms with Crippen LogP contribution in [0.5, 0.6) is 5.75 Å². The summed E-state index contributed by atoms with van der Waals surface area (Å²) in [4.78, 5) is 2.04.